The molecule has 3 N–H and O–H groups in total. The minimum absolute atomic E-state index is 0.266. The number of anilines is 1. The molecule has 0 heterocycles. The van der Waals surface area contributed by atoms with Crippen molar-refractivity contribution in [3.63, 3.8) is 0 Å². The van der Waals surface area contributed by atoms with Gasteiger partial charge in [0.25, 0.3) is 5.91 Å². The van der Waals surface area contributed by atoms with Crippen LogP contribution in [0.25, 0.3) is 0 Å². The highest BCUT2D eigenvalue weighted by Crippen LogP contribution is 2.27. The smallest absolute Gasteiger partial charge is 0.409 e. The molecule has 0 aliphatic carbocycles. The van der Waals surface area contributed by atoms with Gasteiger partial charge < -0.3 is 19.9 Å². The van der Waals surface area contributed by atoms with Crippen molar-refractivity contribution in [1.29, 1.82) is 0 Å². The van der Waals surface area contributed by atoms with Crippen molar-refractivity contribution in [2.45, 2.75) is 6.54 Å². The van der Waals surface area contributed by atoms with Crippen LogP contribution in [0.4, 0.5) is 10.5 Å². The molecule has 0 aromatic heterocycles. The standard InChI is InChI=1S/C17H18N2O5/c1-23-14-7-6-12(9-15(14)24-2)16(20)18-10-11-4-3-5-13(8-11)19-17(21)22/h3-9,19H,10H2,1-2H3,(H,18,20)(H,21,22). The topological polar surface area (TPSA) is 96.9 Å². The molecule has 24 heavy (non-hydrogen) atoms. The third-order valence-corrected chi connectivity index (χ3v) is 3.28. The molecule has 0 fully saturated rings. The number of rotatable bonds is 6. The predicted molar refractivity (Wildman–Crippen MR) is 88.8 cm³/mol. The highest BCUT2D eigenvalue weighted by atomic mass is 16.5. The number of amides is 2. The van der Waals surface area contributed by atoms with Crippen LogP contribution in [-0.2, 0) is 6.54 Å². The number of benzene rings is 2. The second-order valence-electron chi connectivity index (χ2n) is 4.88. The first-order chi connectivity index (χ1) is 11.5. The number of nitrogens with one attached hydrogen (secondary N) is 2. The van der Waals surface area contributed by atoms with Crippen molar-refractivity contribution < 1.29 is 24.2 Å². The van der Waals surface area contributed by atoms with Crippen molar-refractivity contribution in [3.05, 3.63) is 53.6 Å². The molecule has 0 saturated heterocycles. The molecule has 7 nitrogen and oxygen atoms in total. The summed E-state index contributed by atoms with van der Waals surface area (Å²) in [7, 11) is 3.02. The van der Waals surface area contributed by atoms with Gasteiger partial charge in [0.15, 0.2) is 11.5 Å². The zero-order chi connectivity index (χ0) is 17.5. The lowest BCUT2D eigenvalue weighted by atomic mass is 10.1. The fourth-order valence-corrected chi connectivity index (χ4v) is 2.14. The Bertz CT molecular complexity index is 746. The summed E-state index contributed by atoms with van der Waals surface area (Å²) in [6.07, 6.45) is -1.14. The summed E-state index contributed by atoms with van der Waals surface area (Å²) in [6, 6.07) is 11.7. The summed E-state index contributed by atoms with van der Waals surface area (Å²) in [4.78, 5) is 22.9. The van der Waals surface area contributed by atoms with E-state index >= 15 is 0 Å². The van der Waals surface area contributed by atoms with Gasteiger partial charge in [-0.1, -0.05) is 12.1 Å². The molecular formula is C17H18N2O5. The van der Waals surface area contributed by atoms with Crippen LogP contribution in [0.5, 0.6) is 11.5 Å². The molecule has 2 rings (SSSR count). The highest BCUT2D eigenvalue weighted by Gasteiger charge is 2.10. The molecule has 0 saturated carbocycles. The lowest BCUT2D eigenvalue weighted by molar-refractivity contribution is 0.0950. The molecule has 2 aromatic carbocycles. The normalized spacial score (nSPS) is 9.92. The Morgan fingerprint density at radius 1 is 1.04 bits per heavy atom. The van der Waals surface area contributed by atoms with Gasteiger partial charge in [0.1, 0.15) is 0 Å². The molecule has 7 heteroatoms. The van der Waals surface area contributed by atoms with Crippen LogP contribution in [0.3, 0.4) is 0 Å². The van der Waals surface area contributed by atoms with Crippen molar-refractivity contribution in [1.82, 2.24) is 5.32 Å². The second-order valence-corrected chi connectivity index (χ2v) is 4.88. The summed E-state index contributed by atoms with van der Waals surface area (Å²) in [5.74, 6) is 0.742. The van der Waals surface area contributed by atoms with Crippen LogP contribution in [0.2, 0.25) is 0 Å². The van der Waals surface area contributed by atoms with E-state index in [1.807, 2.05) is 0 Å². The van der Waals surface area contributed by atoms with Gasteiger partial charge in [-0.15, -0.1) is 0 Å². The van der Waals surface area contributed by atoms with E-state index in [4.69, 9.17) is 14.6 Å². The first-order valence-corrected chi connectivity index (χ1v) is 7.12. The molecule has 0 aliphatic rings. The third-order valence-electron chi connectivity index (χ3n) is 3.28. The Hall–Kier alpha value is -3.22. The molecule has 0 aliphatic heterocycles. The number of methoxy groups -OCH3 is 2. The molecule has 0 spiro atoms. The van der Waals surface area contributed by atoms with Crippen LogP contribution in [0.1, 0.15) is 15.9 Å². The average molecular weight is 330 g/mol. The Morgan fingerprint density at radius 3 is 2.46 bits per heavy atom. The van der Waals surface area contributed by atoms with Gasteiger partial charge in [-0.25, -0.2) is 4.79 Å². The maximum atomic E-state index is 12.2. The molecular weight excluding hydrogens is 312 g/mol. The van der Waals surface area contributed by atoms with Gasteiger partial charge in [-0.3, -0.25) is 10.1 Å². The fraction of sp³-hybridized carbons (Fsp3) is 0.176. The van der Waals surface area contributed by atoms with Crippen molar-refractivity contribution in [3.8, 4) is 11.5 Å². The zero-order valence-electron chi connectivity index (χ0n) is 13.3. The minimum atomic E-state index is -1.14. The van der Waals surface area contributed by atoms with Crippen LogP contribution >= 0.6 is 0 Å². The zero-order valence-corrected chi connectivity index (χ0v) is 13.3. The predicted octanol–water partition coefficient (Wildman–Crippen LogP) is 2.72. The molecule has 0 atom stereocenters. The van der Waals surface area contributed by atoms with E-state index in [1.165, 1.54) is 14.2 Å². The molecule has 0 unspecified atom stereocenters. The summed E-state index contributed by atoms with van der Waals surface area (Å²) in [5.41, 5.74) is 1.66. The van der Waals surface area contributed by atoms with E-state index in [9.17, 15) is 9.59 Å². The van der Waals surface area contributed by atoms with Gasteiger partial charge in [0, 0.05) is 17.8 Å². The number of carbonyl (C=O) groups is 2. The second kappa shape index (κ2) is 7.87. The molecule has 0 bridgehead atoms. The number of carboxylic acid groups (broad SMARTS) is 1. The van der Waals surface area contributed by atoms with Crippen LogP contribution in [0, 0.1) is 0 Å². The van der Waals surface area contributed by atoms with E-state index in [1.54, 1.807) is 42.5 Å². The van der Waals surface area contributed by atoms with E-state index in [0.717, 1.165) is 5.56 Å². The minimum Gasteiger partial charge on any atom is -0.493 e. The van der Waals surface area contributed by atoms with Crippen molar-refractivity contribution in [2.75, 3.05) is 19.5 Å². The highest BCUT2D eigenvalue weighted by molar-refractivity contribution is 5.94. The molecule has 0 radical (unpaired) electrons. The Balaban J connectivity index is 2.04. The van der Waals surface area contributed by atoms with E-state index < -0.39 is 6.09 Å². The monoisotopic (exact) mass is 330 g/mol. The molecule has 2 amide bonds. The number of ether oxygens (including phenoxy) is 2. The van der Waals surface area contributed by atoms with Crippen molar-refractivity contribution in [2.24, 2.45) is 0 Å². The van der Waals surface area contributed by atoms with E-state index in [-0.39, 0.29) is 12.5 Å². The molecule has 2 aromatic rings. The lowest BCUT2D eigenvalue weighted by Crippen LogP contribution is -2.22. The first-order valence-electron chi connectivity index (χ1n) is 7.12. The number of carbonyl (C=O) groups excluding carboxylic acids is 1. The van der Waals surface area contributed by atoms with Crippen LogP contribution in [0.15, 0.2) is 42.5 Å². The van der Waals surface area contributed by atoms with Gasteiger partial charge in [0.2, 0.25) is 0 Å². The SMILES string of the molecule is COc1ccc(C(=O)NCc2cccc(NC(=O)O)c2)cc1OC. The first kappa shape index (κ1) is 17.1. The summed E-state index contributed by atoms with van der Waals surface area (Å²) in [5, 5.41) is 13.8. The molecule has 126 valence electrons. The van der Waals surface area contributed by atoms with Gasteiger partial charge in [0.05, 0.1) is 14.2 Å². The van der Waals surface area contributed by atoms with E-state index in [2.05, 4.69) is 10.6 Å². The van der Waals surface area contributed by atoms with Gasteiger partial charge in [-0.2, -0.15) is 0 Å². The number of hydrogen-bond donors (Lipinski definition) is 3. The Morgan fingerprint density at radius 2 is 1.79 bits per heavy atom. The maximum Gasteiger partial charge on any atom is 0.409 e. The van der Waals surface area contributed by atoms with E-state index in [0.29, 0.717) is 22.7 Å². The Kier molecular flexibility index (Phi) is 5.62. The van der Waals surface area contributed by atoms with Crippen LogP contribution in [-0.4, -0.2) is 31.3 Å². The van der Waals surface area contributed by atoms with Gasteiger partial charge >= 0.3 is 6.09 Å². The lowest BCUT2D eigenvalue weighted by Gasteiger charge is -2.10. The summed E-state index contributed by atoms with van der Waals surface area (Å²) >= 11 is 0. The summed E-state index contributed by atoms with van der Waals surface area (Å²) < 4.78 is 10.3. The third kappa shape index (κ3) is 4.39. The fourth-order valence-electron chi connectivity index (χ4n) is 2.14. The largest absolute Gasteiger partial charge is 0.493 e. The summed E-state index contributed by atoms with van der Waals surface area (Å²) in [6.45, 7) is 0.266. The van der Waals surface area contributed by atoms with Crippen LogP contribution < -0.4 is 20.1 Å². The van der Waals surface area contributed by atoms with Crippen molar-refractivity contribution >= 4 is 17.7 Å². The van der Waals surface area contributed by atoms with Gasteiger partial charge in [-0.05, 0) is 35.9 Å². The average Bonchev–Trinajstić information content (AvgIpc) is 2.58. The quantitative estimate of drug-likeness (QED) is 0.757. The Labute approximate surface area is 139 Å². The maximum absolute atomic E-state index is 12.2. The number of hydrogen-bond acceptors (Lipinski definition) is 4.